The zero-order valence-corrected chi connectivity index (χ0v) is 16.2. The highest BCUT2D eigenvalue weighted by atomic mass is 35.5. The van der Waals surface area contributed by atoms with Gasteiger partial charge in [-0.05, 0) is 68.0 Å². The lowest BCUT2D eigenvalue weighted by Gasteiger charge is -2.22. The number of nitrogens with zero attached hydrogens (tertiary/aromatic N) is 1. The van der Waals surface area contributed by atoms with Gasteiger partial charge in [0.25, 0.3) is 0 Å². The first-order valence-electron chi connectivity index (χ1n) is 9.03. The molecule has 0 amide bonds. The third kappa shape index (κ3) is 6.03. The minimum absolute atomic E-state index is 0.126. The highest BCUT2D eigenvalue weighted by Crippen LogP contribution is 2.26. The van der Waals surface area contributed by atoms with Crippen LogP contribution in [0, 0.1) is 0 Å². The summed E-state index contributed by atoms with van der Waals surface area (Å²) in [7, 11) is 1.69. The van der Waals surface area contributed by atoms with Crippen molar-refractivity contribution in [1.29, 1.82) is 0 Å². The molecule has 25 heavy (non-hydrogen) atoms. The van der Waals surface area contributed by atoms with Gasteiger partial charge in [-0.3, -0.25) is 0 Å². The van der Waals surface area contributed by atoms with Crippen LogP contribution in [0.4, 0.5) is 0 Å². The van der Waals surface area contributed by atoms with E-state index in [-0.39, 0.29) is 6.04 Å². The molecule has 0 saturated carbocycles. The molecule has 136 valence electrons. The number of rotatable bonds is 10. The molecule has 0 radical (unpaired) electrons. The van der Waals surface area contributed by atoms with Gasteiger partial charge in [0.15, 0.2) is 0 Å². The molecule has 3 nitrogen and oxygen atoms in total. The summed E-state index contributed by atoms with van der Waals surface area (Å²) < 4.78 is 5.28. The topological polar surface area (TPSA) is 24.5 Å². The largest absolute Gasteiger partial charge is 0.497 e. The van der Waals surface area contributed by atoms with E-state index in [1.807, 2.05) is 30.3 Å². The van der Waals surface area contributed by atoms with Crippen LogP contribution in [0.15, 0.2) is 48.5 Å². The van der Waals surface area contributed by atoms with Crippen molar-refractivity contribution in [3.8, 4) is 5.75 Å². The molecule has 0 saturated heterocycles. The van der Waals surface area contributed by atoms with Crippen LogP contribution < -0.4 is 10.1 Å². The predicted molar refractivity (Wildman–Crippen MR) is 107 cm³/mol. The summed E-state index contributed by atoms with van der Waals surface area (Å²) in [6, 6.07) is 16.4. The standard InChI is InChI=1S/C21H29ClN2O/c1-4-24(5-2)15-7-14-23-21(18-8-6-9-19(22)16-18)17-10-12-20(25-3)13-11-17/h6,8-13,16,21,23H,4-5,7,14-15H2,1-3H3. The molecule has 4 heteroatoms. The Hall–Kier alpha value is -1.55. The molecular weight excluding hydrogens is 332 g/mol. The zero-order chi connectivity index (χ0) is 18.1. The molecule has 0 heterocycles. The summed E-state index contributed by atoms with van der Waals surface area (Å²) >= 11 is 6.21. The fraction of sp³-hybridized carbons (Fsp3) is 0.429. The Balaban J connectivity index is 2.09. The first-order valence-corrected chi connectivity index (χ1v) is 9.40. The smallest absolute Gasteiger partial charge is 0.118 e. The van der Waals surface area contributed by atoms with Crippen molar-refractivity contribution < 1.29 is 4.74 Å². The van der Waals surface area contributed by atoms with E-state index in [0.717, 1.165) is 43.4 Å². The third-order valence-electron chi connectivity index (χ3n) is 4.53. The van der Waals surface area contributed by atoms with Crippen LogP contribution in [0.3, 0.4) is 0 Å². The van der Waals surface area contributed by atoms with Gasteiger partial charge in [0.1, 0.15) is 5.75 Å². The fourth-order valence-corrected chi connectivity index (χ4v) is 3.20. The number of benzene rings is 2. The molecule has 0 bridgehead atoms. The molecule has 1 unspecified atom stereocenters. The summed E-state index contributed by atoms with van der Waals surface area (Å²) in [5.41, 5.74) is 2.39. The molecular formula is C21H29ClN2O. The Morgan fingerprint density at radius 3 is 2.36 bits per heavy atom. The Morgan fingerprint density at radius 1 is 1.04 bits per heavy atom. The van der Waals surface area contributed by atoms with Crippen LogP contribution >= 0.6 is 11.6 Å². The minimum atomic E-state index is 0.126. The Labute approximate surface area is 156 Å². The normalized spacial score (nSPS) is 12.4. The quantitative estimate of drug-likeness (QED) is 0.618. The van der Waals surface area contributed by atoms with Crippen molar-refractivity contribution >= 4 is 11.6 Å². The van der Waals surface area contributed by atoms with Gasteiger partial charge < -0.3 is 15.0 Å². The van der Waals surface area contributed by atoms with Crippen molar-refractivity contribution in [3.63, 3.8) is 0 Å². The molecule has 2 rings (SSSR count). The van der Waals surface area contributed by atoms with Gasteiger partial charge >= 0.3 is 0 Å². The molecule has 1 atom stereocenters. The molecule has 0 aliphatic heterocycles. The fourth-order valence-electron chi connectivity index (χ4n) is 3.00. The highest BCUT2D eigenvalue weighted by molar-refractivity contribution is 6.30. The maximum Gasteiger partial charge on any atom is 0.118 e. The van der Waals surface area contributed by atoms with Crippen LogP contribution in [-0.2, 0) is 0 Å². The van der Waals surface area contributed by atoms with Crippen molar-refractivity contribution in [3.05, 3.63) is 64.7 Å². The Kier molecular flexibility index (Phi) is 8.26. The summed E-state index contributed by atoms with van der Waals surface area (Å²) in [6.45, 7) is 8.70. The molecule has 0 fully saturated rings. The van der Waals surface area contributed by atoms with E-state index in [9.17, 15) is 0 Å². The average Bonchev–Trinajstić information content (AvgIpc) is 2.65. The van der Waals surface area contributed by atoms with Crippen molar-refractivity contribution in [2.45, 2.75) is 26.3 Å². The van der Waals surface area contributed by atoms with Crippen LogP contribution in [-0.4, -0.2) is 38.2 Å². The minimum Gasteiger partial charge on any atom is -0.497 e. The SMILES string of the molecule is CCN(CC)CCCNC(c1ccc(OC)cc1)c1cccc(Cl)c1. The van der Waals surface area contributed by atoms with Gasteiger partial charge in [-0.15, -0.1) is 0 Å². The van der Waals surface area contributed by atoms with Gasteiger partial charge in [-0.1, -0.05) is 49.7 Å². The lowest BCUT2D eigenvalue weighted by molar-refractivity contribution is 0.297. The molecule has 2 aromatic carbocycles. The van der Waals surface area contributed by atoms with Gasteiger partial charge in [0.05, 0.1) is 13.2 Å². The van der Waals surface area contributed by atoms with E-state index in [1.54, 1.807) is 7.11 Å². The van der Waals surface area contributed by atoms with Gasteiger partial charge in [-0.25, -0.2) is 0 Å². The predicted octanol–water partition coefficient (Wildman–Crippen LogP) is 4.76. The van der Waals surface area contributed by atoms with Crippen molar-refractivity contribution in [1.82, 2.24) is 10.2 Å². The second-order valence-electron chi connectivity index (χ2n) is 6.10. The number of ether oxygens (including phenoxy) is 1. The highest BCUT2D eigenvalue weighted by Gasteiger charge is 2.14. The van der Waals surface area contributed by atoms with E-state index in [1.165, 1.54) is 11.1 Å². The van der Waals surface area contributed by atoms with Gasteiger partial charge in [0.2, 0.25) is 0 Å². The first-order chi connectivity index (χ1) is 12.2. The molecule has 2 aromatic rings. The first kappa shape index (κ1) is 19.8. The van der Waals surface area contributed by atoms with E-state index in [4.69, 9.17) is 16.3 Å². The summed E-state index contributed by atoms with van der Waals surface area (Å²) in [4.78, 5) is 2.45. The third-order valence-corrected chi connectivity index (χ3v) is 4.76. The lowest BCUT2D eigenvalue weighted by Crippen LogP contribution is -2.29. The van der Waals surface area contributed by atoms with Gasteiger partial charge in [0, 0.05) is 5.02 Å². The van der Waals surface area contributed by atoms with Crippen LogP contribution in [0.25, 0.3) is 0 Å². The second kappa shape index (κ2) is 10.4. The number of methoxy groups -OCH3 is 1. The summed E-state index contributed by atoms with van der Waals surface area (Å²) in [6.07, 6.45) is 1.12. The monoisotopic (exact) mass is 360 g/mol. The second-order valence-corrected chi connectivity index (χ2v) is 6.53. The summed E-state index contributed by atoms with van der Waals surface area (Å²) in [5, 5.41) is 4.46. The molecule has 0 spiro atoms. The molecule has 0 aliphatic carbocycles. The maximum absolute atomic E-state index is 6.21. The van der Waals surface area contributed by atoms with Crippen LogP contribution in [0.1, 0.15) is 37.4 Å². The van der Waals surface area contributed by atoms with Crippen LogP contribution in [0.2, 0.25) is 5.02 Å². The zero-order valence-electron chi connectivity index (χ0n) is 15.5. The molecule has 1 N–H and O–H groups in total. The van der Waals surface area contributed by atoms with Crippen molar-refractivity contribution in [2.75, 3.05) is 33.3 Å². The number of hydrogen-bond donors (Lipinski definition) is 1. The van der Waals surface area contributed by atoms with Crippen molar-refractivity contribution in [2.24, 2.45) is 0 Å². The van der Waals surface area contributed by atoms with E-state index >= 15 is 0 Å². The Bertz CT molecular complexity index is 626. The van der Waals surface area contributed by atoms with E-state index in [0.29, 0.717) is 0 Å². The number of hydrogen-bond acceptors (Lipinski definition) is 3. The maximum atomic E-state index is 6.21. The molecule has 0 aliphatic rings. The van der Waals surface area contributed by atoms with E-state index < -0.39 is 0 Å². The van der Waals surface area contributed by atoms with E-state index in [2.05, 4.69) is 42.3 Å². The van der Waals surface area contributed by atoms with Crippen LogP contribution in [0.5, 0.6) is 5.75 Å². The summed E-state index contributed by atoms with van der Waals surface area (Å²) in [5.74, 6) is 0.870. The number of nitrogens with one attached hydrogen (secondary N) is 1. The Morgan fingerprint density at radius 2 is 1.76 bits per heavy atom. The average molecular weight is 361 g/mol. The molecule has 0 aromatic heterocycles. The van der Waals surface area contributed by atoms with Gasteiger partial charge in [-0.2, -0.15) is 0 Å². The lowest BCUT2D eigenvalue weighted by atomic mass is 9.98. The number of halogens is 1.